The van der Waals surface area contributed by atoms with Gasteiger partial charge in [0, 0.05) is 31.0 Å². The summed E-state index contributed by atoms with van der Waals surface area (Å²) in [5.74, 6) is 0.960. The van der Waals surface area contributed by atoms with E-state index in [4.69, 9.17) is 14.5 Å². The summed E-state index contributed by atoms with van der Waals surface area (Å²) < 4.78 is 37.0. The van der Waals surface area contributed by atoms with Crippen LogP contribution in [-0.2, 0) is 14.8 Å². The number of fused-ring (bicyclic) bond motifs is 1. The molecule has 2 aliphatic rings. The van der Waals surface area contributed by atoms with Crippen LogP contribution >= 0.6 is 0 Å². The summed E-state index contributed by atoms with van der Waals surface area (Å²) in [6.07, 6.45) is 6.44. The van der Waals surface area contributed by atoms with Crippen molar-refractivity contribution in [2.24, 2.45) is 0 Å². The molecule has 0 unspecified atom stereocenters. The van der Waals surface area contributed by atoms with Crippen LogP contribution in [0.15, 0.2) is 42.7 Å². The number of likely N-dealkylation sites (tertiary alicyclic amines) is 1. The predicted octanol–water partition coefficient (Wildman–Crippen LogP) is 2.54. The quantitative estimate of drug-likeness (QED) is 0.513. The monoisotopic (exact) mass is 497 g/mol. The van der Waals surface area contributed by atoms with E-state index in [2.05, 4.69) is 46.2 Å². The topological polar surface area (TPSA) is 97.8 Å². The molecule has 0 bridgehead atoms. The molecule has 5 rings (SSSR count). The second kappa shape index (κ2) is 10.1. The Kier molecular flexibility index (Phi) is 6.97. The number of ether oxygens (including phenoxy) is 2. The number of nitrogens with zero attached hydrogens (tertiary/aromatic N) is 5. The summed E-state index contributed by atoms with van der Waals surface area (Å²) in [5.41, 5.74) is 4.36. The molecule has 1 atom stereocenters. The van der Waals surface area contributed by atoms with Gasteiger partial charge in [-0.3, -0.25) is 4.98 Å². The van der Waals surface area contributed by atoms with Crippen LogP contribution in [0.5, 0.6) is 5.88 Å². The number of hydrogen-bond donors (Lipinski definition) is 0. The van der Waals surface area contributed by atoms with Crippen LogP contribution in [-0.4, -0.2) is 91.4 Å². The molecule has 2 aliphatic heterocycles. The van der Waals surface area contributed by atoms with Crippen LogP contribution in [0.3, 0.4) is 0 Å². The minimum absolute atomic E-state index is 0.170. The fourth-order valence-electron chi connectivity index (χ4n) is 4.73. The maximum Gasteiger partial charge on any atom is 0.242 e. The number of rotatable bonds is 6. The van der Waals surface area contributed by atoms with Crippen molar-refractivity contribution in [1.29, 1.82) is 0 Å². The van der Waals surface area contributed by atoms with Gasteiger partial charge in [-0.15, -0.1) is 0 Å². The zero-order valence-electron chi connectivity index (χ0n) is 20.1. The second-order valence-electron chi connectivity index (χ2n) is 9.36. The number of hydrogen-bond acceptors (Lipinski definition) is 8. The molecular weight excluding hydrogens is 466 g/mol. The van der Waals surface area contributed by atoms with Crippen molar-refractivity contribution >= 4 is 21.1 Å². The molecule has 0 N–H and O–H groups in total. The first kappa shape index (κ1) is 24.1. The molecule has 2 fully saturated rings. The van der Waals surface area contributed by atoms with E-state index in [9.17, 15) is 8.42 Å². The standard InChI is InChI=1S/C25H31N5O4S/c1-29-11-7-19(8-12-29)18-3-5-20(6-4-18)22-15-23-24(27-10-9-26-23)25(28-22)34-17-21-16-30(13-14-33-21)35(2,31)32/h3-6,9-10,15,19,21H,7-8,11-14,16-17H2,1-2H3/t21-/m0/s1. The lowest BCUT2D eigenvalue weighted by Gasteiger charge is -2.30. The Balaban J connectivity index is 1.36. The van der Waals surface area contributed by atoms with Crippen LogP contribution in [0, 0.1) is 0 Å². The number of benzene rings is 1. The summed E-state index contributed by atoms with van der Waals surface area (Å²) in [6, 6.07) is 10.5. The maximum atomic E-state index is 11.9. The summed E-state index contributed by atoms with van der Waals surface area (Å²) in [5, 5.41) is 0. The molecule has 0 radical (unpaired) electrons. The third-order valence-electron chi connectivity index (χ3n) is 6.80. The molecule has 0 spiro atoms. The van der Waals surface area contributed by atoms with Crippen LogP contribution in [0.1, 0.15) is 24.3 Å². The molecule has 4 heterocycles. The number of pyridine rings is 1. The van der Waals surface area contributed by atoms with Gasteiger partial charge in [-0.2, -0.15) is 4.31 Å². The van der Waals surface area contributed by atoms with Crippen LogP contribution < -0.4 is 4.74 Å². The number of sulfonamides is 1. The molecule has 0 saturated carbocycles. The number of morpholine rings is 1. The van der Waals surface area contributed by atoms with Gasteiger partial charge >= 0.3 is 0 Å². The van der Waals surface area contributed by atoms with Crippen molar-refractivity contribution < 1.29 is 17.9 Å². The van der Waals surface area contributed by atoms with Gasteiger partial charge in [-0.1, -0.05) is 24.3 Å². The minimum atomic E-state index is -3.28. The molecule has 10 heteroatoms. The third-order valence-corrected chi connectivity index (χ3v) is 8.07. The van der Waals surface area contributed by atoms with E-state index in [-0.39, 0.29) is 19.3 Å². The smallest absolute Gasteiger partial charge is 0.242 e. The fraction of sp³-hybridized carbons (Fsp3) is 0.480. The van der Waals surface area contributed by atoms with Gasteiger partial charge in [0.25, 0.3) is 0 Å². The largest absolute Gasteiger partial charge is 0.473 e. The second-order valence-corrected chi connectivity index (χ2v) is 11.3. The van der Waals surface area contributed by atoms with E-state index in [0.29, 0.717) is 36.0 Å². The highest BCUT2D eigenvalue weighted by Gasteiger charge is 2.27. The highest BCUT2D eigenvalue weighted by Crippen LogP contribution is 2.31. The molecule has 186 valence electrons. The molecule has 0 aliphatic carbocycles. The Morgan fingerprint density at radius 2 is 1.83 bits per heavy atom. The van der Waals surface area contributed by atoms with Gasteiger partial charge in [0.05, 0.1) is 24.1 Å². The van der Waals surface area contributed by atoms with E-state index in [1.54, 1.807) is 12.4 Å². The van der Waals surface area contributed by atoms with E-state index in [1.807, 2.05) is 6.07 Å². The Morgan fingerprint density at radius 3 is 2.57 bits per heavy atom. The SMILES string of the molecule is CN1CCC(c2ccc(-c3cc4nccnc4c(OC[C@@H]4CN(S(C)(=O)=O)CCO4)n3)cc2)CC1. The third kappa shape index (κ3) is 5.61. The summed E-state index contributed by atoms with van der Waals surface area (Å²) in [6.45, 7) is 3.36. The molecule has 9 nitrogen and oxygen atoms in total. The number of aromatic nitrogens is 3. The van der Waals surface area contributed by atoms with Crippen molar-refractivity contribution in [3.05, 3.63) is 48.3 Å². The van der Waals surface area contributed by atoms with Crippen molar-refractivity contribution in [1.82, 2.24) is 24.2 Å². The molecule has 0 amide bonds. The Labute approximate surface area is 206 Å². The minimum Gasteiger partial charge on any atom is -0.473 e. The average molecular weight is 498 g/mol. The fourth-order valence-corrected chi connectivity index (χ4v) is 5.57. The zero-order valence-corrected chi connectivity index (χ0v) is 20.9. The van der Waals surface area contributed by atoms with Gasteiger partial charge in [0.15, 0.2) is 5.52 Å². The highest BCUT2D eigenvalue weighted by atomic mass is 32.2. The van der Waals surface area contributed by atoms with E-state index < -0.39 is 10.0 Å². The van der Waals surface area contributed by atoms with Gasteiger partial charge in [0.2, 0.25) is 15.9 Å². The summed E-state index contributed by atoms with van der Waals surface area (Å²) >= 11 is 0. The van der Waals surface area contributed by atoms with Gasteiger partial charge < -0.3 is 14.4 Å². The van der Waals surface area contributed by atoms with Gasteiger partial charge in [0.1, 0.15) is 12.7 Å². The molecular formula is C25H31N5O4S. The lowest BCUT2D eigenvalue weighted by molar-refractivity contribution is -0.0252. The normalized spacial score (nSPS) is 20.8. The first-order valence-corrected chi connectivity index (χ1v) is 13.8. The van der Waals surface area contributed by atoms with Crippen LogP contribution in [0.25, 0.3) is 22.3 Å². The maximum absolute atomic E-state index is 11.9. The molecule has 1 aromatic carbocycles. The van der Waals surface area contributed by atoms with E-state index in [1.165, 1.54) is 29.0 Å². The Hall–Kier alpha value is -2.66. The zero-order chi connectivity index (χ0) is 24.4. The Morgan fingerprint density at radius 1 is 1.09 bits per heavy atom. The van der Waals surface area contributed by atoms with Gasteiger partial charge in [-0.05, 0) is 50.5 Å². The average Bonchev–Trinajstić information content (AvgIpc) is 2.87. The molecule has 2 saturated heterocycles. The first-order chi connectivity index (χ1) is 16.9. The Bertz CT molecular complexity index is 1280. The molecule has 2 aromatic heterocycles. The number of piperidine rings is 1. The van der Waals surface area contributed by atoms with E-state index in [0.717, 1.165) is 24.3 Å². The van der Waals surface area contributed by atoms with Crippen molar-refractivity contribution in [3.8, 4) is 17.1 Å². The van der Waals surface area contributed by atoms with Crippen molar-refractivity contribution in [3.63, 3.8) is 0 Å². The van der Waals surface area contributed by atoms with Gasteiger partial charge in [-0.25, -0.2) is 18.4 Å². The van der Waals surface area contributed by atoms with Crippen molar-refractivity contribution in [2.75, 3.05) is 52.7 Å². The lowest BCUT2D eigenvalue weighted by atomic mass is 9.89. The van der Waals surface area contributed by atoms with E-state index >= 15 is 0 Å². The molecule has 35 heavy (non-hydrogen) atoms. The predicted molar refractivity (Wildman–Crippen MR) is 134 cm³/mol. The van der Waals surface area contributed by atoms with Crippen LogP contribution in [0.4, 0.5) is 0 Å². The van der Waals surface area contributed by atoms with Crippen LogP contribution in [0.2, 0.25) is 0 Å². The van der Waals surface area contributed by atoms with Crippen molar-refractivity contribution in [2.45, 2.75) is 24.9 Å². The summed E-state index contributed by atoms with van der Waals surface area (Å²) in [4.78, 5) is 16.0. The lowest BCUT2D eigenvalue weighted by Crippen LogP contribution is -2.47. The molecule has 3 aromatic rings. The first-order valence-electron chi connectivity index (χ1n) is 12.0. The summed E-state index contributed by atoms with van der Waals surface area (Å²) in [7, 11) is -1.10. The highest BCUT2D eigenvalue weighted by molar-refractivity contribution is 7.88.